The van der Waals surface area contributed by atoms with Crippen molar-refractivity contribution in [2.45, 2.75) is 0 Å². The fourth-order valence-corrected chi connectivity index (χ4v) is 0. The van der Waals surface area contributed by atoms with Crippen LogP contribution in [-0.2, 0) is 0 Å². The summed E-state index contributed by atoms with van der Waals surface area (Å²) in [4.78, 5) is 8.44. The second kappa shape index (κ2) is 11.0. The Kier molecular flexibility index (Phi) is 29.4. The van der Waals surface area contributed by atoms with Crippen molar-refractivity contribution in [3.8, 4) is 0 Å². The maximum absolute atomic E-state index is 8.44. The number of carboxylic acid groups (broad SMARTS) is 2. The molecule has 5 heteroatoms. The van der Waals surface area contributed by atoms with Crippen LogP contribution in [0.5, 0.6) is 0 Å². The van der Waals surface area contributed by atoms with Crippen molar-refractivity contribution >= 4 is 75.0 Å². The summed E-state index contributed by atoms with van der Waals surface area (Å²) in [6.07, 6.45) is -2.08. The first kappa shape index (κ1) is 16.1. The first-order valence-electron chi connectivity index (χ1n) is 0.632. The zero-order valence-electron chi connectivity index (χ0n) is 2.76. The van der Waals surface area contributed by atoms with Crippen LogP contribution in [0.2, 0.25) is 0 Å². The molecule has 0 heterocycles. The minimum atomic E-state index is -2.08. The Hall–Kier alpha value is 3.13. The quantitative estimate of drug-likeness (QED) is 0.485. The Morgan fingerprint density at radius 2 is 1.67 bits per heavy atom. The van der Waals surface area contributed by atoms with Crippen molar-refractivity contribution in [2.75, 3.05) is 0 Å². The van der Waals surface area contributed by atoms with E-state index in [9.17, 15) is 0 Å². The van der Waals surface area contributed by atoms with E-state index in [2.05, 4.69) is 0 Å². The van der Waals surface area contributed by atoms with Crippen LogP contribution in [0.1, 0.15) is 0 Å². The monoisotopic (exact) mass is 280 g/mol. The van der Waals surface area contributed by atoms with Gasteiger partial charge in [-0.2, -0.15) is 0 Å². The molecule has 0 aromatic heterocycles. The fraction of sp³-hybridized carbons (Fsp3) is 0. The van der Waals surface area contributed by atoms with Crippen molar-refractivity contribution in [3.63, 3.8) is 0 Å². The van der Waals surface area contributed by atoms with Crippen molar-refractivity contribution in [3.05, 3.63) is 0 Å². The van der Waals surface area contributed by atoms with Crippen LogP contribution in [0.3, 0.4) is 0 Å². The van der Waals surface area contributed by atoms with E-state index in [1.165, 1.54) is 0 Å². The van der Waals surface area contributed by atoms with Gasteiger partial charge in [0, 0.05) is 0 Å². The van der Waals surface area contributed by atoms with Crippen molar-refractivity contribution < 1.29 is 73.2 Å². The number of carbonyl (C=O) groups is 1. The van der Waals surface area contributed by atoms with Gasteiger partial charge in [-0.3, -0.25) is 0 Å². The average Bonchev–Trinajstić information content (AvgIpc) is 0.811. The van der Waals surface area contributed by atoms with Gasteiger partial charge in [-0.1, -0.05) is 0 Å². The predicted molar refractivity (Wildman–Crippen MR) is 15.2 cm³/mol. The molecule has 0 unspecified atom stereocenters. The second-order valence-electron chi connectivity index (χ2n) is 0.266. The van der Waals surface area contributed by atoms with E-state index in [0.29, 0.717) is 0 Å². The van der Waals surface area contributed by atoms with Crippen LogP contribution in [0.4, 0.5) is 4.79 Å². The second-order valence-corrected chi connectivity index (χ2v) is 0.266. The summed E-state index contributed by atoms with van der Waals surface area (Å²) in [5.74, 6) is 0. The number of rotatable bonds is 0. The molecule has 0 aromatic carbocycles. The molecule has 3 nitrogen and oxygen atoms in total. The molecule has 0 saturated heterocycles. The van der Waals surface area contributed by atoms with Gasteiger partial charge in [0.05, 0.1) is 0 Å². The van der Waals surface area contributed by atoms with Crippen molar-refractivity contribution in [1.82, 2.24) is 0 Å². The van der Waals surface area contributed by atoms with Gasteiger partial charge in [0.1, 0.15) is 0 Å². The molecule has 0 aliphatic heterocycles. The third-order valence-corrected chi connectivity index (χ3v) is 0. The number of hydrogen-bond donors (Lipinski definition) is 1. The van der Waals surface area contributed by atoms with Gasteiger partial charge in [0.2, 0.25) is 6.16 Å². The molecule has 6 heavy (non-hydrogen) atoms. The van der Waals surface area contributed by atoms with E-state index in [1.54, 1.807) is 0 Å². The molecule has 26 valence electrons. The van der Waals surface area contributed by atoms with Crippen LogP contribution < -0.4 is 63.3 Å². The molecule has 0 fully saturated rings. The van der Waals surface area contributed by atoms with Gasteiger partial charge in [-0.05, 0) is 0 Å². The molecular weight excluding hydrogens is 278 g/mol. The maximum Gasteiger partial charge on any atom is 1.00 e. The van der Waals surface area contributed by atoms with E-state index < -0.39 is 6.16 Å². The summed E-state index contributed by atoms with van der Waals surface area (Å²) >= 11 is 0. The summed E-state index contributed by atoms with van der Waals surface area (Å²) in [5, 5.41) is 15.3. The fourth-order valence-electron chi connectivity index (χ4n) is 0. The predicted octanol–water partition coefficient (Wildman–Crippen LogP) is -4.76. The normalized spacial score (nSPS) is 4.00. The summed E-state index contributed by atoms with van der Waals surface area (Å²) in [6.45, 7) is 0. The number of hydrogen-bond acceptors (Lipinski definition) is 2. The Bertz CT molecular complexity index is 33.8. The molecule has 0 atom stereocenters. The molecule has 0 aliphatic carbocycles. The van der Waals surface area contributed by atoms with Gasteiger partial charge in [-0.15, -0.1) is 0 Å². The van der Waals surface area contributed by atoms with Gasteiger partial charge < -0.3 is 15.0 Å². The van der Waals surface area contributed by atoms with Crippen molar-refractivity contribution in [1.29, 1.82) is 0 Å². The molecule has 0 radical (unpaired) electrons. The molecule has 0 amide bonds. The van der Waals surface area contributed by atoms with Crippen LogP contribution in [0.25, 0.3) is 0 Å². The Morgan fingerprint density at radius 1 is 1.67 bits per heavy atom. The third kappa shape index (κ3) is 27.4. The van der Waals surface area contributed by atoms with E-state index in [4.69, 9.17) is 15.0 Å². The van der Waals surface area contributed by atoms with E-state index >= 15 is 0 Å². The Labute approximate surface area is 143 Å². The molecule has 0 bridgehead atoms. The first-order chi connectivity index (χ1) is 1.73. The Balaban J connectivity index is -0.0000000450. The SMILES string of the molecule is O=C([O-])O.[CsH].[Rb+]. The molecule has 0 spiro atoms. The first-order valence-corrected chi connectivity index (χ1v) is 0.632. The minimum Gasteiger partial charge on any atom is 1.00 e. The molecule has 0 aliphatic rings. The standard InChI is InChI=1S/CH2O3.Cs.Rb.H/c2-1(3)4;;;/h(H2,2,3,4);;;/q;;+1;/p-1. The van der Waals surface area contributed by atoms with E-state index in [-0.39, 0.29) is 127 Å². The zero-order chi connectivity index (χ0) is 3.58. The average molecular weight is 280 g/mol. The van der Waals surface area contributed by atoms with Gasteiger partial charge in [0.15, 0.2) is 0 Å². The maximum atomic E-state index is 8.44. The van der Waals surface area contributed by atoms with E-state index in [1.807, 2.05) is 0 Å². The molecule has 1 N–H and O–H groups in total. The topological polar surface area (TPSA) is 60.4 Å². The third-order valence-electron chi connectivity index (χ3n) is 0. The van der Waals surface area contributed by atoms with Gasteiger partial charge in [-0.25, -0.2) is 0 Å². The van der Waals surface area contributed by atoms with Crippen LogP contribution in [0.15, 0.2) is 0 Å². The smallest absolute Gasteiger partial charge is 1.00 e. The van der Waals surface area contributed by atoms with Gasteiger partial charge >= 0.3 is 127 Å². The summed E-state index contributed by atoms with van der Waals surface area (Å²) in [7, 11) is 0. The van der Waals surface area contributed by atoms with Crippen molar-refractivity contribution in [2.24, 2.45) is 0 Å². The largest absolute Gasteiger partial charge is 1.00 e. The molecular formula is CH2CsO3Rb. The van der Waals surface area contributed by atoms with Gasteiger partial charge in [0.25, 0.3) is 0 Å². The summed E-state index contributed by atoms with van der Waals surface area (Å²) < 4.78 is 0. The minimum absolute atomic E-state index is 0. The van der Waals surface area contributed by atoms with Crippen LogP contribution in [0, 0.1) is 0 Å². The zero-order valence-corrected chi connectivity index (χ0v) is 7.68. The van der Waals surface area contributed by atoms with E-state index in [0.717, 1.165) is 0 Å². The van der Waals surface area contributed by atoms with Crippen LogP contribution >= 0.6 is 0 Å². The summed E-state index contributed by atoms with van der Waals surface area (Å²) in [5.41, 5.74) is 0. The molecule has 0 saturated carbocycles. The summed E-state index contributed by atoms with van der Waals surface area (Å²) in [6, 6.07) is 0. The Morgan fingerprint density at radius 3 is 1.67 bits per heavy atom. The molecule has 0 aromatic rings. The molecule has 0 rings (SSSR count). The van der Waals surface area contributed by atoms with Crippen LogP contribution in [-0.4, -0.2) is 80.2 Å².